The van der Waals surface area contributed by atoms with E-state index in [0.717, 1.165) is 6.42 Å². The molecule has 2 heteroatoms. The highest BCUT2D eigenvalue weighted by Gasteiger charge is 2.23. The van der Waals surface area contributed by atoms with Crippen molar-refractivity contribution in [3.8, 4) is 0 Å². The minimum Gasteiger partial charge on any atom is -0.274 e. The second-order valence-corrected chi connectivity index (χ2v) is 6.35. The average molecular weight is 277 g/mol. The number of hydrogen-bond donors (Lipinski definition) is 1. The molecular weight excluding hydrogens is 250 g/mol. The van der Waals surface area contributed by atoms with Gasteiger partial charge in [0.1, 0.15) is 0 Å². The lowest BCUT2D eigenvalue weighted by molar-refractivity contribution is 0.464. The molecule has 0 aliphatic carbocycles. The highest BCUT2D eigenvalue weighted by Crippen LogP contribution is 2.39. The van der Waals surface area contributed by atoms with E-state index in [2.05, 4.69) is 65.0 Å². The van der Waals surface area contributed by atoms with Crippen molar-refractivity contribution in [1.29, 1.82) is 0 Å². The summed E-state index contributed by atoms with van der Waals surface area (Å²) in [6.07, 6.45) is 1.15. The Morgan fingerprint density at radius 3 is 2.05 bits per heavy atom. The second kappa shape index (κ2) is 7.76. The maximum Gasteiger partial charge on any atom is 0.00674 e. The molecule has 0 aromatic heterocycles. The number of rotatable bonds is 6. The average Bonchev–Trinajstić information content (AvgIpc) is 2.39. The van der Waals surface area contributed by atoms with E-state index in [9.17, 15) is 0 Å². The molecule has 1 rings (SSSR count). The van der Waals surface area contributed by atoms with E-state index in [1.807, 2.05) is 0 Å². The number of hydrogen-bond acceptors (Lipinski definition) is 2. The van der Waals surface area contributed by atoms with Gasteiger partial charge in [-0.15, -0.1) is 0 Å². The molecule has 2 N–H and O–H groups in total. The zero-order chi connectivity index (χ0) is 14.4. The molecule has 1 nitrogen and oxygen atoms in total. The summed E-state index contributed by atoms with van der Waals surface area (Å²) < 4.78 is 0. The molecule has 1 unspecified atom stereocenters. The molecule has 0 heterocycles. The van der Waals surface area contributed by atoms with Crippen molar-refractivity contribution in [1.82, 2.24) is 0 Å². The van der Waals surface area contributed by atoms with Crippen LogP contribution in [0.4, 0.5) is 0 Å². The third-order valence-corrected chi connectivity index (χ3v) is 4.56. The van der Waals surface area contributed by atoms with Crippen molar-refractivity contribution < 1.29 is 0 Å². The summed E-state index contributed by atoms with van der Waals surface area (Å²) in [4.78, 5) is 1.33. The molecule has 1 aromatic carbocycles. The minimum absolute atomic E-state index is 0.470. The van der Waals surface area contributed by atoms with Crippen molar-refractivity contribution >= 4 is 17.5 Å². The van der Waals surface area contributed by atoms with Gasteiger partial charge in [0.2, 0.25) is 0 Å². The van der Waals surface area contributed by atoms with E-state index >= 15 is 0 Å². The molecule has 0 radical (unpaired) electrons. The fourth-order valence-electron chi connectivity index (χ4n) is 2.68. The summed E-state index contributed by atoms with van der Waals surface area (Å²) in [5.74, 6) is 1.66. The Bertz CT molecular complexity index is 407. The van der Waals surface area contributed by atoms with Crippen LogP contribution in [0.25, 0.3) is 5.57 Å². The predicted octanol–water partition coefficient (Wildman–Crippen LogP) is 5.34. The molecule has 0 aliphatic heterocycles. The Hall–Kier alpha value is -0.730. The van der Waals surface area contributed by atoms with Gasteiger partial charge in [0, 0.05) is 4.91 Å². The highest BCUT2D eigenvalue weighted by atomic mass is 32.2. The van der Waals surface area contributed by atoms with E-state index < -0.39 is 0 Å². The molecule has 0 fully saturated rings. The highest BCUT2D eigenvalue weighted by molar-refractivity contribution is 8.01. The van der Waals surface area contributed by atoms with Crippen LogP contribution >= 0.6 is 11.9 Å². The molecule has 0 amide bonds. The van der Waals surface area contributed by atoms with Crippen molar-refractivity contribution in [2.24, 2.45) is 22.9 Å². The van der Waals surface area contributed by atoms with Gasteiger partial charge in [-0.25, -0.2) is 0 Å². The van der Waals surface area contributed by atoms with Crippen molar-refractivity contribution in [3.05, 3.63) is 40.8 Å². The van der Waals surface area contributed by atoms with Gasteiger partial charge in [-0.3, -0.25) is 5.14 Å². The summed E-state index contributed by atoms with van der Waals surface area (Å²) in [6.45, 7) is 11.3. The zero-order valence-electron chi connectivity index (χ0n) is 12.8. The van der Waals surface area contributed by atoms with Crippen molar-refractivity contribution in [2.45, 2.75) is 41.0 Å². The summed E-state index contributed by atoms with van der Waals surface area (Å²) in [7, 11) is 0. The lowest BCUT2D eigenvalue weighted by atomic mass is 9.81. The first-order valence-corrected chi connectivity index (χ1v) is 8.07. The standard InChI is InChI=1S/C17H27NS/c1-6-15(12(2)3)16(17(19-18)13(4)5)14-10-8-7-9-11-14/h7-13,15H,6,18H2,1-5H3/b17-16-. The van der Waals surface area contributed by atoms with Gasteiger partial charge in [0.05, 0.1) is 0 Å². The number of benzene rings is 1. The molecule has 0 spiro atoms. The molecule has 0 saturated carbocycles. The molecule has 0 bridgehead atoms. The van der Waals surface area contributed by atoms with Crippen LogP contribution in [0.1, 0.15) is 46.6 Å². The number of allylic oxidation sites excluding steroid dienone is 2. The lowest BCUT2D eigenvalue weighted by Crippen LogP contribution is -2.14. The van der Waals surface area contributed by atoms with E-state index in [4.69, 9.17) is 5.14 Å². The van der Waals surface area contributed by atoms with Crippen LogP contribution in [-0.2, 0) is 0 Å². The largest absolute Gasteiger partial charge is 0.274 e. The minimum atomic E-state index is 0.470. The topological polar surface area (TPSA) is 26.0 Å². The third-order valence-electron chi connectivity index (χ3n) is 3.62. The molecule has 0 saturated heterocycles. The molecule has 1 atom stereocenters. The quantitative estimate of drug-likeness (QED) is 0.710. The van der Waals surface area contributed by atoms with Crippen LogP contribution in [0.3, 0.4) is 0 Å². The SMILES string of the molecule is CCC(/C(=C(\SN)C(C)C)c1ccccc1)C(C)C. The fourth-order valence-corrected chi connectivity index (χ4v) is 3.34. The first kappa shape index (κ1) is 16.3. The summed E-state index contributed by atoms with van der Waals surface area (Å²) in [5, 5.41) is 5.96. The monoisotopic (exact) mass is 277 g/mol. The van der Waals surface area contributed by atoms with Crippen LogP contribution in [0, 0.1) is 17.8 Å². The Morgan fingerprint density at radius 2 is 1.68 bits per heavy atom. The first-order valence-electron chi connectivity index (χ1n) is 7.19. The summed E-state index contributed by atoms with van der Waals surface area (Å²) in [5.41, 5.74) is 2.77. The van der Waals surface area contributed by atoms with E-state index in [0.29, 0.717) is 17.8 Å². The zero-order valence-corrected chi connectivity index (χ0v) is 13.6. The Kier molecular flexibility index (Phi) is 6.67. The Balaban J connectivity index is 3.41. The van der Waals surface area contributed by atoms with Crippen LogP contribution in [0.5, 0.6) is 0 Å². The van der Waals surface area contributed by atoms with Gasteiger partial charge in [-0.2, -0.15) is 0 Å². The maximum absolute atomic E-state index is 5.96. The van der Waals surface area contributed by atoms with Gasteiger partial charge in [-0.05, 0) is 35.3 Å². The lowest BCUT2D eigenvalue weighted by Gasteiger charge is -2.27. The molecule has 0 aliphatic rings. The van der Waals surface area contributed by atoms with E-state index in [1.54, 1.807) is 0 Å². The molecular formula is C17H27NS. The van der Waals surface area contributed by atoms with Crippen molar-refractivity contribution in [2.75, 3.05) is 0 Å². The van der Waals surface area contributed by atoms with E-state index in [-0.39, 0.29) is 0 Å². The van der Waals surface area contributed by atoms with Crippen molar-refractivity contribution in [3.63, 3.8) is 0 Å². The summed E-state index contributed by atoms with van der Waals surface area (Å²) in [6, 6.07) is 10.7. The molecule has 106 valence electrons. The fraction of sp³-hybridized carbons (Fsp3) is 0.529. The predicted molar refractivity (Wildman–Crippen MR) is 88.6 cm³/mol. The van der Waals surface area contributed by atoms with Gasteiger partial charge in [-0.1, -0.05) is 76.9 Å². The van der Waals surface area contributed by atoms with Crippen LogP contribution < -0.4 is 5.14 Å². The van der Waals surface area contributed by atoms with Crippen LogP contribution in [-0.4, -0.2) is 0 Å². The normalized spacial score (nSPS) is 14.7. The van der Waals surface area contributed by atoms with E-state index in [1.165, 1.54) is 28.0 Å². The summed E-state index contributed by atoms with van der Waals surface area (Å²) >= 11 is 1.42. The molecule has 1 aromatic rings. The van der Waals surface area contributed by atoms with Gasteiger partial charge >= 0.3 is 0 Å². The number of nitrogens with two attached hydrogens (primary N) is 1. The maximum atomic E-state index is 5.96. The van der Waals surface area contributed by atoms with Gasteiger partial charge < -0.3 is 0 Å². The second-order valence-electron chi connectivity index (χ2n) is 5.68. The smallest absolute Gasteiger partial charge is 0.00674 e. The van der Waals surface area contributed by atoms with Gasteiger partial charge in [0.15, 0.2) is 0 Å². The van der Waals surface area contributed by atoms with Crippen LogP contribution in [0.2, 0.25) is 0 Å². The van der Waals surface area contributed by atoms with Gasteiger partial charge in [0.25, 0.3) is 0 Å². The molecule has 19 heavy (non-hydrogen) atoms. The Morgan fingerprint density at radius 1 is 1.11 bits per heavy atom. The third kappa shape index (κ3) is 4.12. The Labute approximate surface area is 122 Å². The van der Waals surface area contributed by atoms with Crippen LogP contribution in [0.15, 0.2) is 35.2 Å². The first-order chi connectivity index (χ1) is 9.02.